The molecule has 1 aromatic rings. The third-order valence-corrected chi connectivity index (χ3v) is 3.96. The zero-order chi connectivity index (χ0) is 15.6. The lowest BCUT2D eigenvalue weighted by molar-refractivity contribution is -0.134. The number of fused-ring (bicyclic) bond motifs is 1. The normalized spacial score (nSPS) is 17.3. The van der Waals surface area contributed by atoms with Gasteiger partial charge in [0, 0.05) is 31.4 Å². The quantitative estimate of drug-likeness (QED) is 0.925. The van der Waals surface area contributed by atoms with Crippen LogP contribution in [0.15, 0.2) is 6.20 Å². The van der Waals surface area contributed by atoms with E-state index in [1.165, 1.54) is 5.69 Å². The largest absolute Gasteiger partial charge is 0.393 e. The zero-order valence-electron chi connectivity index (χ0n) is 13.6. The highest BCUT2D eigenvalue weighted by Crippen LogP contribution is 2.23. The van der Waals surface area contributed by atoms with Gasteiger partial charge in [-0.1, -0.05) is 20.8 Å². The van der Waals surface area contributed by atoms with Crippen molar-refractivity contribution in [2.75, 3.05) is 6.54 Å². The van der Waals surface area contributed by atoms with Gasteiger partial charge in [0.2, 0.25) is 5.91 Å². The van der Waals surface area contributed by atoms with E-state index in [0.29, 0.717) is 13.0 Å². The van der Waals surface area contributed by atoms with Crippen LogP contribution in [0.5, 0.6) is 0 Å². The van der Waals surface area contributed by atoms with Gasteiger partial charge in [-0.2, -0.15) is 5.10 Å². The molecule has 1 unspecified atom stereocenters. The molecule has 5 nitrogen and oxygen atoms in total. The monoisotopic (exact) mass is 293 g/mol. The van der Waals surface area contributed by atoms with Crippen molar-refractivity contribution in [3.05, 3.63) is 17.5 Å². The maximum absolute atomic E-state index is 12.4. The molecule has 0 fully saturated rings. The predicted octanol–water partition coefficient (Wildman–Crippen LogP) is 1.88. The van der Waals surface area contributed by atoms with Crippen LogP contribution < -0.4 is 0 Å². The van der Waals surface area contributed by atoms with Crippen LogP contribution in [0.1, 0.15) is 51.3 Å². The van der Waals surface area contributed by atoms with Gasteiger partial charge in [0.15, 0.2) is 0 Å². The summed E-state index contributed by atoms with van der Waals surface area (Å²) in [6.45, 7) is 7.61. The minimum Gasteiger partial charge on any atom is -0.393 e. The molecule has 0 spiro atoms. The van der Waals surface area contributed by atoms with Crippen molar-refractivity contribution in [1.29, 1.82) is 0 Å². The van der Waals surface area contributed by atoms with Gasteiger partial charge in [-0.25, -0.2) is 0 Å². The number of aliphatic hydroxyl groups is 1. The molecular formula is C16H27N3O2. The molecule has 1 aliphatic rings. The lowest BCUT2D eigenvalue weighted by Gasteiger charge is -2.25. The molecule has 0 saturated heterocycles. The summed E-state index contributed by atoms with van der Waals surface area (Å²) in [6, 6.07) is 0. The molecule has 0 aromatic carbocycles. The summed E-state index contributed by atoms with van der Waals surface area (Å²) in [7, 11) is 1.95. The summed E-state index contributed by atoms with van der Waals surface area (Å²) in [5.41, 5.74) is 2.39. The van der Waals surface area contributed by atoms with Gasteiger partial charge in [0.25, 0.3) is 0 Å². The van der Waals surface area contributed by atoms with Crippen LogP contribution in [0, 0.1) is 5.41 Å². The first-order valence-corrected chi connectivity index (χ1v) is 7.72. The number of carbonyl (C=O) groups is 1. The van der Waals surface area contributed by atoms with Crippen LogP contribution in [-0.4, -0.2) is 38.3 Å². The summed E-state index contributed by atoms with van der Waals surface area (Å²) in [5.74, 6) is 0.0449. The maximum atomic E-state index is 12.4. The van der Waals surface area contributed by atoms with Crippen LogP contribution in [0.3, 0.4) is 0 Å². The van der Waals surface area contributed by atoms with E-state index in [9.17, 15) is 9.90 Å². The lowest BCUT2D eigenvalue weighted by Crippen LogP contribution is -2.34. The van der Waals surface area contributed by atoms with Gasteiger partial charge < -0.3 is 10.0 Å². The highest BCUT2D eigenvalue weighted by atomic mass is 16.3. The number of hydrogen-bond acceptors (Lipinski definition) is 3. The van der Waals surface area contributed by atoms with Crippen LogP contribution in [0.4, 0.5) is 0 Å². The highest BCUT2D eigenvalue weighted by molar-refractivity contribution is 5.76. The molecular weight excluding hydrogens is 266 g/mol. The third kappa shape index (κ3) is 4.30. The minimum absolute atomic E-state index is 0.0367. The SMILES string of the molecule is Cn1ncc2c1CCCN(C(=O)CC(O)CC(C)(C)C)C2. The molecule has 1 aliphatic heterocycles. The molecule has 0 saturated carbocycles. The first-order valence-electron chi connectivity index (χ1n) is 7.72. The van der Waals surface area contributed by atoms with E-state index in [2.05, 4.69) is 25.9 Å². The van der Waals surface area contributed by atoms with Crippen LogP contribution in [-0.2, 0) is 24.8 Å². The van der Waals surface area contributed by atoms with Gasteiger partial charge in [-0.05, 0) is 24.7 Å². The number of aliphatic hydroxyl groups excluding tert-OH is 1. The lowest BCUT2D eigenvalue weighted by atomic mass is 9.88. The maximum Gasteiger partial charge on any atom is 0.225 e. The molecule has 118 valence electrons. The van der Waals surface area contributed by atoms with Crippen molar-refractivity contribution < 1.29 is 9.90 Å². The molecule has 5 heteroatoms. The van der Waals surface area contributed by atoms with Gasteiger partial charge in [0.05, 0.1) is 18.7 Å². The van der Waals surface area contributed by atoms with Gasteiger partial charge in [-0.15, -0.1) is 0 Å². The second-order valence-corrected chi connectivity index (χ2v) is 7.28. The molecule has 2 heterocycles. The number of carbonyl (C=O) groups excluding carboxylic acids is 1. The van der Waals surface area contributed by atoms with Crippen molar-refractivity contribution in [3.63, 3.8) is 0 Å². The van der Waals surface area contributed by atoms with Gasteiger partial charge >= 0.3 is 0 Å². The zero-order valence-corrected chi connectivity index (χ0v) is 13.6. The van der Waals surface area contributed by atoms with Crippen molar-refractivity contribution in [2.45, 2.75) is 59.1 Å². The van der Waals surface area contributed by atoms with Crippen LogP contribution in [0.2, 0.25) is 0 Å². The summed E-state index contributed by atoms with van der Waals surface area (Å²) in [6.07, 6.45) is 4.06. The van der Waals surface area contributed by atoms with E-state index < -0.39 is 6.10 Å². The van der Waals surface area contributed by atoms with Crippen molar-refractivity contribution in [1.82, 2.24) is 14.7 Å². The minimum atomic E-state index is -0.561. The Balaban J connectivity index is 1.97. The molecule has 21 heavy (non-hydrogen) atoms. The highest BCUT2D eigenvalue weighted by Gasteiger charge is 2.25. The summed E-state index contributed by atoms with van der Waals surface area (Å²) < 4.78 is 1.90. The van der Waals surface area contributed by atoms with E-state index in [1.807, 2.05) is 22.8 Å². The fourth-order valence-electron chi connectivity index (χ4n) is 3.01. The number of aromatic nitrogens is 2. The number of rotatable bonds is 3. The second-order valence-electron chi connectivity index (χ2n) is 7.28. The Labute approximate surface area is 126 Å². The number of nitrogens with zero attached hydrogens (tertiary/aromatic N) is 3. The van der Waals surface area contributed by atoms with Crippen molar-refractivity contribution >= 4 is 5.91 Å². The van der Waals surface area contributed by atoms with E-state index in [0.717, 1.165) is 24.9 Å². The Bertz CT molecular complexity index is 502. The van der Waals surface area contributed by atoms with Crippen molar-refractivity contribution in [2.24, 2.45) is 12.5 Å². The first kappa shape index (κ1) is 16.0. The molecule has 1 aromatic heterocycles. The number of aryl methyl sites for hydroxylation is 1. The average Bonchev–Trinajstić information content (AvgIpc) is 2.58. The molecule has 1 atom stereocenters. The smallest absolute Gasteiger partial charge is 0.225 e. The fraction of sp³-hybridized carbons (Fsp3) is 0.750. The summed E-state index contributed by atoms with van der Waals surface area (Å²) in [5, 5.41) is 14.4. The summed E-state index contributed by atoms with van der Waals surface area (Å²) in [4.78, 5) is 14.3. The molecule has 1 amide bonds. The van der Waals surface area contributed by atoms with E-state index >= 15 is 0 Å². The van der Waals surface area contributed by atoms with E-state index in [-0.39, 0.29) is 17.7 Å². The molecule has 1 N–H and O–H groups in total. The average molecular weight is 293 g/mol. The fourth-order valence-corrected chi connectivity index (χ4v) is 3.01. The Morgan fingerprint density at radius 2 is 2.19 bits per heavy atom. The van der Waals surface area contributed by atoms with Gasteiger partial charge in [0.1, 0.15) is 0 Å². The molecule has 2 rings (SSSR count). The molecule has 0 bridgehead atoms. The van der Waals surface area contributed by atoms with Crippen LogP contribution in [0.25, 0.3) is 0 Å². The Morgan fingerprint density at radius 3 is 2.86 bits per heavy atom. The predicted molar refractivity (Wildman–Crippen MR) is 81.6 cm³/mol. The van der Waals surface area contributed by atoms with Gasteiger partial charge in [-0.3, -0.25) is 9.48 Å². The number of hydrogen-bond donors (Lipinski definition) is 1. The molecule has 0 radical (unpaired) electrons. The second kappa shape index (κ2) is 6.18. The standard InChI is InChI=1S/C16H27N3O2/c1-16(2,3)9-13(20)8-15(21)19-7-5-6-14-12(11-19)10-17-18(14)4/h10,13,20H,5-9,11H2,1-4H3. The number of amides is 1. The summed E-state index contributed by atoms with van der Waals surface area (Å²) >= 11 is 0. The first-order chi connectivity index (χ1) is 9.76. The third-order valence-electron chi connectivity index (χ3n) is 3.96. The Hall–Kier alpha value is -1.36. The molecule has 0 aliphatic carbocycles. The van der Waals surface area contributed by atoms with Crippen molar-refractivity contribution in [3.8, 4) is 0 Å². The Morgan fingerprint density at radius 1 is 1.48 bits per heavy atom. The van der Waals surface area contributed by atoms with E-state index in [1.54, 1.807) is 0 Å². The van der Waals surface area contributed by atoms with Crippen LogP contribution >= 0.6 is 0 Å². The Kier molecular flexibility index (Phi) is 4.71. The topological polar surface area (TPSA) is 58.4 Å². The van der Waals surface area contributed by atoms with E-state index in [4.69, 9.17) is 0 Å².